The molecule has 3 aromatic rings. The average molecular weight is 336 g/mol. The number of fused-ring (bicyclic) bond motifs is 1. The van der Waals surface area contributed by atoms with E-state index in [2.05, 4.69) is 5.32 Å². The van der Waals surface area contributed by atoms with E-state index in [1.54, 1.807) is 13.1 Å². The van der Waals surface area contributed by atoms with Crippen molar-refractivity contribution in [1.29, 1.82) is 0 Å². The summed E-state index contributed by atoms with van der Waals surface area (Å²) >= 11 is 0. The molecule has 5 heteroatoms. The third kappa shape index (κ3) is 3.61. The topological polar surface area (TPSA) is 71.3 Å². The molecule has 0 aliphatic carbocycles. The summed E-state index contributed by atoms with van der Waals surface area (Å²) in [6, 6.07) is 18.2. The zero-order valence-corrected chi connectivity index (χ0v) is 14.0. The van der Waals surface area contributed by atoms with Crippen LogP contribution in [-0.2, 0) is 13.5 Å². The van der Waals surface area contributed by atoms with Gasteiger partial charge in [-0.05, 0) is 29.5 Å². The van der Waals surface area contributed by atoms with Gasteiger partial charge in [-0.1, -0.05) is 48.5 Å². The molecular weight excluding hydrogens is 316 g/mol. The molecule has 3 rings (SSSR count). The van der Waals surface area contributed by atoms with Crippen LogP contribution in [0.5, 0.6) is 0 Å². The molecule has 0 spiro atoms. The highest BCUT2D eigenvalue weighted by molar-refractivity contribution is 5.97. The summed E-state index contributed by atoms with van der Waals surface area (Å²) in [6.07, 6.45) is 0.497. The Morgan fingerprint density at radius 2 is 1.80 bits per heavy atom. The van der Waals surface area contributed by atoms with Crippen LogP contribution in [0.4, 0.5) is 0 Å². The fraction of sp³-hybridized carbons (Fsp3) is 0.200. The van der Waals surface area contributed by atoms with Crippen molar-refractivity contribution >= 4 is 16.8 Å². The van der Waals surface area contributed by atoms with Gasteiger partial charge in [0.15, 0.2) is 0 Å². The van der Waals surface area contributed by atoms with Crippen LogP contribution in [0.15, 0.2) is 65.5 Å². The number of aliphatic hydroxyl groups excluding tert-OH is 1. The molecule has 25 heavy (non-hydrogen) atoms. The minimum absolute atomic E-state index is 0.0766. The smallest absolute Gasteiger partial charge is 0.263 e. The van der Waals surface area contributed by atoms with Gasteiger partial charge in [0.05, 0.1) is 18.2 Å². The van der Waals surface area contributed by atoms with E-state index in [1.807, 2.05) is 54.6 Å². The van der Waals surface area contributed by atoms with Gasteiger partial charge in [-0.25, -0.2) is 0 Å². The highest BCUT2D eigenvalue weighted by Gasteiger charge is 2.18. The Bertz CT molecular complexity index is 948. The number of aromatic nitrogens is 1. The molecule has 2 aromatic carbocycles. The normalized spacial score (nSPS) is 12.1. The van der Waals surface area contributed by atoms with Gasteiger partial charge in [-0.2, -0.15) is 0 Å². The predicted octanol–water partition coefficient (Wildman–Crippen LogP) is 1.87. The van der Waals surface area contributed by atoms with Crippen LogP contribution in [0.1, 0.15) is 15.9 Å². The Kier molecular flexibility index (Phi) is 4.95. The monoisotopic (exact) mass is 336 g/mol. The molecule has 1 aromatic heterocycles. The first-order valence-electron chi connectivity index (χ1n) is 8.14. The number of hydrogen-bond acceptors (Lipinski definition) is 3. The number of carbonyl (C=O) groups is 1. The van der Waals surface area contributed by atoms with Crippen LogP contribution in [0.3, 0.4) is 0 Å². The summed E-state index contributed by atoms with van der Waals surface area (Å²) in [7, 11) is 1.65. The van der Waals surface area contributed by atoms with Gasteiger partial charge in [0.2, 0.25) is 0 Å². The molecule has 0 bridgehead atoms. The lowest BCUT2D eigenvalue weighted by molar-refractivity contribution is 0.0914. The van der Waals surface area contributed by atoms with E-state index in [1.165, 1.54) is 4.57 Å². The number of rotatable bonds is 5. The molecule has 0 saturated carbocycles. The minimum Gasteiger partial charge on any atom is -0.394 e. The van der Waals surface area contributed by atoms with Crippen LogP contribution >= 0.6 is 0 Å². The number of hydrogen-bond donors (Lipinski definition) is 2. The number of benzene rings is 2. The summed E-state index contributed by atoms with van der Waals surface area (Å²) in [5, 5.41) is 13.2. The van der Waals surface area contributed by atoms with E-state index in [4.69, 9.17) is 0 Å². The Hall–Kier alpha value is -2.92. The molecule has 0 unspecified atom stereocenters. The Labute approximate surface area is 145 Å². The van der Waals surface area contributed by atoms with Crippen molar-refractivity contribution < 1.29 is 9.90 Å². The zero-order valence-electron chi connectivity index (χ0n) is 14.0. The summed E-state index contributed by atoms with van der Waals surface area (Å²) in [4.78, 5) is 25.1. The summed E-state index contributed by atoms with van der Waals surface area (Å²) in [6.45, 7) is -0.200. The van der Waals surface area contributed by atoms with Gasteiger partial charge in [-0.15, -0.1) is 0 Å². The molecule has 0 fully saturated rings. The highest BCUT2D eigenvalue weighted by atomic mass is 16.3. The number of nitrogens with one attached hydrogen (secondary N) is 1. The molecule has 1 atom stereocenters. The van der Waals surface area contributed by atoms with Gasteiger partial charge in [0, 0.05) is 7.05 Å². The van der Waals surface area contributed by atoms with Crippen LogP contribution in [0.2, 0.25) is 0 Å². The van der Waals surface area contributed by atoms with Gasteiger partial charge in [0.25, 0.3) is 11.5 Å². The largest absolute Gasteiger partial charge is 0.394 e. The van der Waals surface area contributed by atoms with Crippen molar-refractivity contribution in [2.45, 2.75) is 12.5 Å². The van der Waals surface area contributed by atoms with E-state index < -0.39 is 11.9 Å². The van der Waals surface area contributed by atoms with Crippen molar-refractivity contribution in [2.24, 2.45) is 7.05 Å². The summed E-state index contributed by atoms with van der Waals surface area (Å²) < 4.78 is 1.47. The van der Waals surface area contributed by atoms with Crippen molar-refractivity contribution in [3.8, 4) is 0 Å². The number of aliphatic hydroxyl groups is 1. The van der Waals surface area contributed by atoms with Crippen molar-refractivity contribution in [3.05, 3.63) is 82.1 Å². The standard InChI is InChI=1S/C20H20N2O3/c1-22-18-10-6-5-9-15(18)12-17(20(22)25)19(24)21-16(13-23)11-14-7-3-2-4-8-14/h2-10,12,16,23H,11,13H2,1H3,(H,21,24)/t16-/m0/s1. The Morgan fingerprint density at radius 1 is 1.12 bits per heavy atom. The third-order valence-corrected chi connectivity index (χ3v) is 4.26. The first kappa shape index (κ1) is 16.9. The van der Waals surface area contributed by atoms with Crippen LogP contribution in [0, 0.1) is 0 Å². The lowest BCUT2D eigenvalue weighted by Gasteiger charge is -2.17. The number of nitrogens with zero attached hydrogens (tertiary/aromatic N) is 1. The molecular formula is C20H20N2O3. The van der Waals surface area contributed by atoms with Gasteiger partial charge in [-0.3, -0.25) is 9.59 Å². The summed E-state index contributed by atoms with van der Waals surface area (Å²) in [5.74, 6) is -0.471. The van der Waals surface area contributed by atoms with E-state index in [0.29, 0.717) is 6.42 Å². The second kappa shape index (κ2) is 7.32. The molecule has 0 radical (unpaired) electrons. The van der Waals surface area contributed by atoms with Crippen molar-refractivity contribution in [2.75, 3.05) is 6.61 Å². The van der Waals surface area contributed by atoms with Crippen LogP contribution in [-0.4, -0.2) is 28.2 Å². The quantitative estimate of drug-likeness (QED) is 0.747. The van der Waals surface area contributed by atoms with Crippen LogP contribution < -0.4 is 10.9 Å². The summed E-state index contributed by atoms with van der Waals surface area (Å²) in [5.41, 5.74) is 1.50. The molecule has 0 saturated heterocycles. The van der Waals surface area contributed by atoms with Crippen molar-refractivity contribution in [3.63, 3.8) is 0 Å². The van der Waals surface area contributed by atoms with Crippen molar-refractivity contribution in [1.82, 2.24) is 9.88 Å². The second-order valence-corrected chi connectivity index (χ2v) is 6.02. The molecule has 1 amide bonds. The zero-order chi connectivity index (χ0) is 17.8. The first-order chi connectivity index (χ1) is 12.1. The highest BCUT2D eigenvalue weighted by Crippen LogP contribution is 2.12. The maximum absolute atomic E-state index is 12.6. The number of amides is 1. The maximum Gasteiger partial charge on any atom is 0.263 e. The second-order valence-electron chi connectivity index (χ2n) is 6.02. The maximum atomic E-state index is 12.6. The van der Waals surface area contributed by atoms with E-state index >= 15 is 0 Å². The molecule has 1 heterocycles. The fourth-order valence-electron chi connectivity index (χ4n) is 2.91. The Morgan fingerprint density at radius 3 is 2.52 bits per heavy atom. The first-order valence-corrected chi connectivity index (χ1v) is 8.14. The molecule has 0 aliphatic heterocycles. The van der Waals surface area contributed by atoms with Gasteiger partial charge in [0.1, 0.15) is 5.56 Å². The van der Waals surface area contributed by atoms with Crippen LogP contribution in [0.25, 0.3) is 10.9 Å². The number of carbonyl (C=O) groups excluding carboxylic acids is 1. The van der Waals surface area contributed by atoms with Gasteiger partial charge < -0.3 is 15.0 Å². The van der Waals surface area contributed by atoms with E-state index in [0.717, 1.165) is 16.5 Å². The van der Waals surface area contributed by atoms with Gasteiger partial charge >= 0.3 is 0 Å². The lowest BCUT2D eigenvalue weighted by Crippen LogP contribution is -2.41. The fourth-order valence-corrected chi connectivity index (χ4v) is 2.91. The number of pyridine rings is 1. The SMILES string of the molecule is Cn1c(=O)c(C(=O)N[C@H](CO)Cc2ccccc2)cc2ccccc21. The number of para-hydroxylation sites is 1. The Balaban J connectivity index is 1.86. The minimum atomic E-state index is -0.471. The molecule has 2 N–H and O–H groups in total. The number of aryl methyl sites for hydroxylation is 1. The lowest BCUT2D eigenvalue weighted by atomic mass is 10.1. The molecule has 0 aliphatic rings. The molecule has 128 valence electrons. The third-order valence-electron chi connectivity index (χ3n) is 4.26. The average Bonchev–Trinajstić information content (AvgIpc) is 2.64. The predicted molar refractivity (Wildman–Crippen MR) is 97.7 cm³/mol. The van der Waals surface area contributed by atoms with E-state index in [9.17, 15) is 14.7 Å². The van der Waals surface area contributed by atoms with E-state index in [-0.39, 0.29) is 17.7 Å². The molecule has 5 nitrogen and oxygen atoms in total.